The van der Waals surface area contributed by atoms with Crippen LogP contribution in [0.15, 0.2) is 54.7 Å². The summed E-state index contributed by atoms with van der Waals surface area (Å²) < 4.78 is 39.9. The third kappa shape index (κ3) is 3.38. The van der Waals surface area contributed by atoms with E-state index in [2.05, 4.69) is 25.5 Å². The first kappa shape index (κ1) is 17.9. The molecule has 0 radical (unpaired) electrons. The van der Waals surface area contributed by atoms with Crippen LogP contribution in [0.25, 0.3) is 17.0 Å². The Balaban J connectivity index is 1.68. The number of rotatable bonds is 4. The summed E-state index contributed by atoms with van der Waals surface area (Å²) in [4.78, 5) is 9.04. The zero-order chi connectivity index (χ0) is 19.7. The summed E-state index contributed by atoms with van der Waals surface area (Å²) in [6, 6.07) is 12.3. The van der Waals surface area contributed by atoms with Gasteiger partial charge in [-0.25, -0.2) is 4.98 Å². The first-order chi connectivity index (χ1) is 13.5. The van der Waals surface area contributed by atoms with Gasteiger partial charge in [0.2, 0.25) is 0 Å². The number of benzene rings is 2. The van der Waals surface area contributed by atoms with E-state index in [9.17, 15) is 13.2 Å². The predicted octanol–water partition coefficient (Wildman–Crippen LogP) is 4.54. The number of anilines is 2. The van der Waals surface area contributed by atoms with Crippen molar-refractivity contribution in [3.63, 3.8) is 0 Å². The maximum Gasteiger partial charge on any atom is 0.416 e. The Hall–Kier alpha value is -3.49. The second kappa shape index (κ2) is 6.91. The third-order valence-electron chi connectivity index (χ3n) is 4.18. The highest BCUT2D eigenvalue weighted by molar-refractivity contribution is 5.77. The molecule has 0 aliphatic rings. The largest absolute Gasteiger partial charge is 0.416 e. The molecule has 2 aromatic heterocycles. The van der Waals surface area contributed by atoms with E-state index in [1.54, 1.807) is 0 Å². The highest BCUT2D eigenvalue weighted by Crippen LogP contribution is 2.30. The van der Waals surface area contributed by atoms with Crippen molar-refractivity contribution >= 4 is 22.5 Å². The van der Waals surface area contributed by atoms with Gasteiger partial charge in [0.15, 0.2) is 5.82 Å². The molecule has 0 spiro atoms. The smallest absolute Gasteiger partial charge is 0.339 e. The zero-order valence-electron chi connectivity index (χ0n) is 14.8. The first-order valence-electron chi connectivity index (χ1n) is 8.56. The minimum absolute atomic E-state index is 0.336. The molecule has 0 saturated carbocycles. The third-order valence-corrected chi connectivity index (χ3v) is 4.18. The van der Waals surface area contributed by atoms with Gasteiger partial charge in [-0.05, 0) is 36.4 Å². The van der Waals surface area contributed by atoms with E-state index in [0.717, 1.165) is 29.0 Å². The van der Waals surface area contributed by atoms with Crippen LogP contribution in [-0.4, -0.2) is 24.7 Å². The molecule has 9 heteroatoms. The van der Waals surface area contributed by atoms with Crippen LogP contribution in [0.3, 0.4) is 0 Å². The van der Waals surface area contributed by atoms with Crippen molar-refractivity contribution in [2.24, 2.45) is 0 Å². The molecule has 1 N–H and O–H groups in total. The fourth-order valence-electron chi connectivity index (χ4n) is 2.88. The number of para-hydroxylation sites is 2. The van der Waals surface area contributed by atoms with Gasteiger partial charge >= 0.3 is 6.18 Å². The SMILES string of the molecule is CCc1nc2ccccc2n1-c1nncc(Nc2ccc(C(F)(F)F)cc2)n1. The maximum absolute atomic E-state index is 12.7. The fraction of sp³-hybridized carbons (Fsp3) is 0.158. The van der Waals surface area contributed by atoms with E-state index in [-0.39, 0.29) is 0 Å². The van der Waals surface area contributed by atoms with Crippen LogP contribution in [-0.2, 0) is 12.6 Å². The lowest BCUT2D eigenvalue weighted by atomic mass is 10.2. The predicted molar refractivity (Wildman–Crippen MR) is 98.6 cm³/mol. The summed E-state index contributed by atoms with van der Waals surface area (Å²) in [7, 11) is 0. The lowest BCUT2D eigenvalue weighted by Gasteiger charge is -2.10. The summed E-state index contributed by atoms with van der Waals surface area (Å²) in [6.07, 6.45) is -2.29. The lowest BCUT2D eigenvalue weighted by Crippen LogP contribution is -2.08. The molecule has 2 aromatic carbocycles. The maximum atomic E-state index is 12.7. The van der Waals surface area contributed by atoms with Gasteiger partial charge in [0.25, 0.3) is 5.95 Å². The molecule has 0 fully saturated rings. The number of aromatic nitrogens is 5. The summed E-state index contributed by atoms with van der Waals surface area (Å²) in [5, 5.41) is 11.0. The highest BCUT2D eigenvalue weighted by Gasteiger charge is 2.29. The minimum atomic E-state index is -4.37. The lowest BCUT2D eigenvalue weighted by molar-refractivity contribution is -0.137. The summed E-state index contributed by atoms with van der Waals surface area (Å²) >= 11 is 0. The molecule has 142 valence electrons. The van der Waals surface area contributed by atoms with Gasteiger partial charge in [-0.15, -0.1) is 5.10 Å². The Morgan fingerprint density at radius 2 is 1.75 bits per heavy atom. The van der Waals surface area contributed by atoms with Gasteiger partial charge in [0.05, 0.1) is 22.8 Å². The molecule has 2 heterocycles. The second-order valence-corrected chi connectivity index (χ2v) is 6.05. The van der Waals surface area contributed by atoms with E-state index >= 15 is 0 Å². The number of nitrogens with zero attached hydrogens (tertiary/aromatic N) is 5. The quantitative estimate of drug-likeness (QED) is 0.560. The average molecular weight is 384 g/mol. The molecule has 0 atom stereocenters. The van der Waals surface area contributed by atoms with Gasteiger partial charge in [-0.2, -0.15) is 23.3 Å². The standard InChI is InChI=1S/C19H15F3N6/c1-2-17-25-14-5-3-4-6-15(14)28(17)18-26-16(11-23-27-18)24-13-9-7-12(8-10-13)19(20,21)22/h3-11H,2H2,1H3,(H,24,26,27). The minimum Gasteiger partial charge on any atom is -0.339 e. The van der Waals surface area contributed by atoms with Gasteiger partial charge in [-0.1, -0.05) is 19.1 Å². The molecular weight excluding hydrogens is 369 g/mol. The fourth-order valence-corrected chi connectivity index (χ4v) is 2.88. The molecule has 28 heavy (non-hydrogen) atoms. The molecule has 0 saturated heterocycles. The van der Waals surface area contributed by atoms with Crippen molar-refractivity contribution < 1.29 is 13.2 Å². The number of hydrogen-bond acceptors (Lipinski definition) is 5. The van der Waals surface area contributed by atoms with Crippen LogP contribution in [0.4, 0.5) is 24.7 Å². The van der Waals surface area contributed by atoms with E-state index in [4.69, 9.17) is 0 Å². The van der Waals surface area contributed by atoms with Gasteiger partial charge in [0, 0.05) is 12.1 Å². The molecule has 4 rings (SSSR count). The number of imidazole rings is 1. The summed E-state index contributed by atoms with van der Waals surface area (Å²) in [6.45, 7) is 1.98. The normalized spacial score (nSPS) is 11.7. The van der Waals surface area contributed by atoms with Crippen molar-refractivity contribution in [1.82, 2.24) is 24.7 Å². The number of hydrogen-bond donors (Lipinski definition) is 1. The summed E-state index contributed by atoms with van der Waals surface area (Å²) in [5.74, 6) is 1.49. The Labute approximate surface area is 158 Å². The van der Waals surface area contributed by atoms with E-state index < -0.39 is 11.7 Å². The van der Waals surface area contributed by atoms with Crippen molar-refractivity contribution in [2.75, 3.05) is 5.32 Å². The van der Waals surface area contributed by atoms with Gasteiger partial charge < -0.3 is 5.32 Å². The van der Waals surface area contributed by atoms with Crippen molar-refractivity contribution in [2.45, 2.75) is 19.5 Å². The van der Waals surface area contributed by atoms with Gasteiger partial charge in [-0.3, -0.25) is 4.57 Å². The molecule has 0 bridgehead atoms. The monoisotopic (exact) mass is 384 g/mol. The number of nitrogens with one attached hydrogen (secondary N) is 1. The first-order valence-corrected chi connectivity index (χ1v) is 8.56. The molecule has 6 nitrogen and oxygen atoms in total. The van der Waals surface area contributed by atoms with Crippen molar-refractivity contribution in [3.05, 3.63) is 66.1 Å². The molecule has 0 aliphatic carbocycles. The van der Waals surface area contributed by atoms with Crippen LogP contribution >= 0.6 is 0 Å². The van der Waals surface area contributed by atoms with Crippen molar-refractivity contribution in [1.29, 1.82) is 0 Å². The molecule has 0 aliphatic heterocycles. The molecule has 0 unspecified atom stereocenters. The van der Waals surface area contributed by atoms with E-state index in [0.29, 0.717) is 23.9 Å². The number of halogens is 3. The Morgan fingerprint density at radius 1 is 1.00 bits per heavy atom. The van der Waals surface area contributed by atoms with Crippen LogP contribution < -0.4 is 5.32 Å². The number of fused-ring (bicyclic) bond motifs is 1. The number of aryl methyl sites for hydroxylation is 1. The Bertz CT molecular complexity index is 1120. The second-order valence-electron chi connectivity index (χ2n) is 6.05. The Kier molecular flexibility index (Phi) is 4.42. The molecular formula is C19H15F3N6. The van der Waals surface area contributed by atoms with Crippen LogP contribution in [0.5, 0.6) is 0 Å². The van der Waals surface area contributed by atoms with E-state index in [1.165, 1.54) is 18.3 Å². The molecule has 0 amide bonds. The highest BCUT2D eigenvalue weighted by atomic mass is 19.4. The van der Waals surface area contributed by atoms with Crippen LogP contribution in [0.1, 0.15) is 18.3 Å². The molecule has 4 aromatic rings. The number of alkyl halides is 3. The van der Waals surface area contributed by atoms with Crippen LogP contribution in [0, 0.1) is 0 Å². The average Bonchev–Trinajstić information content (AvgIpc) is 3.06. The summed E-state index contributed by atoms with van der Waals surface area (Å²) in [5.41, 5.74) is 1.43. The van der Waals surface area contributed by atoms with E-state index in [1.807, 2.05) is 35.8 Å². The Morgan fingerprint density at radius 3 is 2.46 bits per heavy atom. The zero-order valence-corrected chi connectivity index (χ0v) is 14.8. The van der Waals surface area contributed by atoms with Crippen LogP contribution in [0.2, 0.25) is 0 Å². The van der Waals surface area contributed by atoms with Gasteiger partial charge in [0.1, 0.15) is 5.82 Å². The van der Waals surface area contributed by atoms with Crippen molar-refractivity contribution in [3.8, 4) is 5.95 Å². The topological polar surface area (TPSA) is 68.5 Å².